The van der Waals surface area contributed by atoms with Gasteiger partial charge in [0.15, 0.2) is 0 Å². The molecule has 0 fully saturated rings. The van der Waals surface area contributed by atoms with Gasteiger partial charge in [-0.2, -0.15) is 8.42 Å². The molecule has 1 amide bonds. The molecule has 0 spiro atoms. The summed E-state index contributed by atoms with van der Waals surface area (Å²) in [5.74, 6) is -0.481. The average Bonchev–Trinajstić information content (AvgIpc) is 2.82. The molecule has 5 nitrogen and oxygen atoms in total. The number of nitrogens with two attached hydrogens (primary N) is 1. The monoisotopic (exact) mass is 505 g/mol. The van der Waals surface area contributed by atoms with Crippen LogP contribution in [0.5, 0.6) is 0 Å². The molecule has 0 aliphatic heterocycles. The van der Waals surface area contributed by atoms with Gasteiger partial charge in [-0.25, -0.2) is 0 Å². The first-order chi connectivity index (χ1) is 15.9. The molecule has 0 atom stereocenters. The summed E-state index contributed by atoms with van der Waals surface area (Å²) >= 11 is 0. The number of unbranched alkanes of at least 4 members (excludes halogenated alkanes) is 15. The molecule has 2 N–H and O–H groups in total. The molecule has 0 aliphatic rings. The van der Waals surface area contributed by atoms with E-state index in [0.29, 0.717) is 0 Å². The fourth-order valence-electron chi connectivity index (χ4n) is 3.47. The molecular formula is C27H48NNaO4S. The third-order valence-electron chi connectivity index (χ3n) is 5.47. The Labute approximate surface area is 231 Å². The van der Waals surface area contributed by atoms with Crippen LogP contribution in [-0.2, 0) is 19.1 Å². The van der Waals surface area contributed by atoms with Gasteiger partial charge in [0, 0.05) is 0 Å². The van der Waals surface area contributed by atoms with Gasteiger partial charge in [-0.05, 0) is 24.6 Å². The van der Waals surface area contributed by atoms with E-state index in [4.69, 9.17) is 4.18 Å². The summed E-state index contributed by atoms with van der Waals surface area (Å²) in [6, 6.07) is 8.37. The van der Waals surface area contributed by atoms with E-state index in [0.717, 1.165) is 18.9 Å². The second-order valence-corrected chi connectivity index (χ2v) is 10.1. The zero-order valence-electron chi connectivity index (χ0n) is 20.8. The van der Waals surface area contributed by atoms with Crippen LogP contribution in [0.25, 0.3) is 0 Å². The van der Waals surface area contributed by atoms with Crippen LogP contribution in [0.1, 0.15) is 110 Å². The Balaban J connectivity index is 0. The molecular weight excluding hydrogens is 457 g/mol. The van der Waals surface area contributed by atoms with E-state index in [2.05, 4.69) is 19.2 Å². The second kappa shape index (κ2) is 25.4. The average molecular weight is 506 g/mol. The summed E-state index contributed by atoms with van der Waals surface area (Å²) in [5.41, 5.74) is 4.53. The van der Waals surface area contributed by atoms with Crippen LogP contribution >= 0.6 is 0 Å². The minimum atomic E-state index is -3.58. The minimum absolute atomic E-state index is 0. The number of hydrogen-bond donors (Lipinski definition) is 1. The molecule has 0 bridgehead atoms. The van der Waals surface area contributed by atoms with E-state index in [1.165, 1.54) is 89.9 Å². The van der Waals surface area contributed by atoms with Gasteiger partial charge in [0.05, 0.1) is 11.5 Å². The Kier molecular flexibility index (Phi) is 26.6. The van der Waals surface area contributed by atoms with Crippen molar-refractivity contribution in [3.8, 4) is 0 Å². The topological polar surface area (TPSA) is 86.5 Å². The fourth-order valence-corrected chi connectivity index (χ4v) is 4.44. The van der Waals surface area contributed by atoms with Crippen LogP contribution in [0.15, 0.2) is 47.9 Å². The summed E-state index contributed by atoms with van der Waals surface area (Å²) in [6.45, 7) is 5.65. The molecule has 0 aromatic heterocycles. The predicted molar refractivity (Wildman–Crippen MR) is 146 cm³/mol. The number of hydrogen-bond acceptors (Lipinski definition) is 4. The number of amides is 1. The molecule has 34 heavy (non-hydrogen) atoms. The third-order valence-corrected chi connectivity index (χ3v) is 6.80. The van der Waals surface area contributed by atoms with Crippen molar-refractivity contribution >= 4 is 45.6 Å². The van der Waals surface area contributed by atoms with Crippen LogP contribution < -0.4 is 5.73 Å². The van der Waals surface area contributed by atoms with Gasteiger partial charge in [-0.15, -0.1) is 0 Å². The van der Waals surface area contributed by atoms with E-state index in [1.54, 1.807) is 30.3 Å². The first-order valence-electron chi connectivity index (χ1n) is 12.8. The van der Waals surface area contributed by atoms with E-state index in [-0.39, 0.29) is 41.1 Å². The SMILES string of the molecule is C=CC(N)=O.CCCCCCCCCCCCCCCCCCOS(=O)(=O)c1ccccc1.[NaH]. The summed E-state index contributed by atoms with van der Waals surface area (Å²) in [4.78, 5) is 9.71. The van der Waals surface area contributed by atoms with E-state index >= 15 is 0 Å². The zero-order valence-corrected chi connectivity index (χ0v) is 21.6. The van der Waals surface area contributed by atoms with Crippen molar-refractivity contribution in [3.05, 3.63) is 43.0 Å². The van der Waals surface area contributed by atoms with Crippen LogP contribution in [0, 0.1) is 0 Å². The van der Waals surface area contributed by atoms with Gasteiger partial charge >= 0.3 is 29.6 Å². The van der Waals surface area contributed by atoms with E-state index in [1.807, 2.05) is 0 Å². The van der Waals surface area contributed by atoms with Crippen LogP contribution in [0.3, 0.4) is 0 Å². The van der Waals surface area contributed by atoms with E-state index in [9.17, 15) is 13.2 Å². The zero-order chi connectivity index (χ0) is 24.6. The number of benzene rings is 1. The number of carbonyl (C=O) groups is 1. The van der Waals surface area contributed by atoms with Crippen molar-refractivity contribution < 1.29 is 17.4 Å². The summed E-state index contributed by atoms with van der Waals surface area (Å²) < 4.78 is 29.0. The van der Waals surface area contributed by atoms with Gasteiger partial charge < -0.3 is 5.73 Å². The molecule has 0 heterocycles. The number of carbonyl (C=O) groups excluding carboxylic acids is 1. The Bertz CT molecular complexity index is 696. The fraction of sp³-hybridized carbons (Fsp3) is 0.667. The Hall–Kier alpha value is -0.660. The van der Waals surface area contributed by atoms with Crippen molar-refractivity contribution in [1.29, 1.82) is 0 Å². The van der Waals surface area contributed by atoms with Gasteiger partial charge in [-0.3, -0.25) is 8.98 Å². The molecule has 0 unspecified atom stereocenters. The molecule has 0 saturated carbocycles. The third kappa shape index (κ3) is 23.1. The maximum absolute atomic E-state index is 12.0. The molecule has 1 aromatic carbocycles. The van der Waals surface area contributed by atoms with Crippen molar-refractivity contribution in [2.45, 2.75) is 115 Å². The van der Waals surface area contributed by atoms with Gasteiger partial charge in [-0.1, -0.05) is 128 Å². The summed E-state index contributed by atoms with van der Waals surface area (Å²) in [7, 11) is -3.58. The molecule has 0 saturated heterocycles. The first-order valence-corrected chi connectivity index (χ1v) is 14.2. The molecule has 7 heteroatoms. The van der Waals surface area contributed by atoms with Gasteiger partial charge in [0.25, 0.3) is 10.1 Å². The Morgan fingerprint density at radius 3 is 1.50 bits per heavy atom. The molecule has 192 valence electrons. The maximum atomic E-state index is 12.0. The van der Waals surface area contributed by atoms with Crippen LogP contribution in [0.4, 0.5) is 0 Å². The standard InChI is InChI=1S/C24H42O3S.C3H5NO.Na.H/c1-2-3-4-5-6-7-8-9-10-11-12-13-14-15-16-20-23-27-28(25,26)24-21-18-17-19-22-24;1-2-3(4)5;;/h17-19,21-22H,2-16,20,23H2,1H3;2H,1H2,(H2,4,5);;. The number of rotatable bonds is 20. The van der Waals surface area contributed by atoms with E-state index < -0.39 is 16.0 Å². The van der Waals surface area contributed by atoms with Crippen molar-refractivity contribution in [3.63, 3.8) is 0 Å². The van der Waals surface area contributed by atoms with Gasteiger partial charge in [0.1, 0.15) is 0 Å². The normalized spacial score (nSPS) is 10.6. The molecule has 1 rings (SSSR count). The summed E-state index contributed by atoms with van der Waals surface area (Å²) in [5, 5.41) is 0. The quantitative estimate of drug-likeness (QED) is 0.0929. The van der Waals surface area contributed by atoms with Crippen LogP contribution in [0.2, 0.25) is 0 Å². The predicted octanol–water partition coefficient (Wildman–Crippen LogP) is 6.66. The molecule has 0 aliphatic carbocycles. The Morgan fingerprint density at radius 1 is 0.794 bits per heavy atom. The van der Waals surface area contributed by atoms with Crippen molar-refractivity contribution in [1.82, 2.24) is 0 Å². The molecule has 0 radical (unpaired) electrons. The van der Waals surface area contributed by atoms with Crippen LogP contribution in [-0.4, -0.2) is 50.5 Å². The summed E-state index contributed by atoms with van der Waals surface area (Å²) in [6.07, 6.45) is 22.0. The first kappa shape index (κ1) is 35.5. The van der Waals surface area contributed by atoms with Crippen molar-refractivity contribution in [2.75, 3.05) is 6.61 Å². The van der Waals surface area contributed by atoms with Crippen molar-refractivity contribution in [2.24, 2.45) is 5.73 Å². The number of primary amides is 1. The molecule has 1 aromatic rings. The Morgan fingerprint density at radius 2 is 1.15 bits per heavy atom. The van der Waals surface area contributed by atoms with Gasteiger partial charge in [0.2, 0.25) is 5.91 Å². The second-order valence-electron chi connectivity index (χ2n) is 8.50.